The molecule has 0 amide bonds. The van der Waals surface area contributed by atoms with Crippen molar-refractivity contribution in [2.24, 2.45) is 0 Å². The largest absolute Gasteiger partial charge is 0.378 e. The lowest BCUT2D eigenvalue weighted by atomic mass is 10.3. The third-order valence-corrected chi connectivity index (χ3v) is 4.30. The third-order valence-electron chi connectivity index (χ3n) is 4.30. The summed E-state index contributed by atoms with van der Waals surface area (Å²) >= 11 is 0. The first kappa shape index (κ1) is 15.8. The summed E-state index contributed by atoms with van der Waals surface area (Å²) in [5.41, 5.74) is 2.62. The fraction of sp³-hybridized carbons (Fsp3) is 0.389. The zero-order valence-electron chi connectivity index (χ0n) is 14.5. The third kappa shape index (κ3) is 3.15. The van der Waals surface area contributed by atoms with Crippen LogP contribution < -0.4 is 10.2 Å². The number of aromatic nitrogens is 4. The van der Waals surface area contributed by atoms with E-state index in [-0.39, 0.29) is 6.04 Å². The van der Waals surface area contributed by atoms with E-state index in [4.69, 9.17) is 14.7 Å². The van der Waals surface area contributed by atoms with Crippen molar-refractivity contribution in [3.05, 3.63) is 36.7 Å². The van der Waals surface area contributed by atoms with Gasteiger partial charge in [-0.15, -0.1) is 0 Å². The molecule has 1 aromatic carbocycles. The van der Waals surface area contributed by atoms with E-state index in [2.05, 4.69) is 33.6 Å². The molecular weight excluding hydrogens is 316 g/mol. The molecule has 1 N–H and O–H groups in total. The number of hydrogen-bond donors (Lipinski definition) is 1. The van der Waals surface area contributed by atoms with Crippen molar-refractivity contribution >= 4 is 28.6 Å². The highest BCUT2D eigenvalue weighted by Crippen LogP contribution is 2.27. The number of morpholine rings is 1. The van der Waals surface area contributed by atoms with Gasteiger partial charge < -0.3 is 19.5 Å². The van der Waals surface area contributed by atoms with Gasteiger partial charge in [-0.1, -0.05) is 18.2 Å². The number of imidazole rings is 1. The molecule has 0 atom stereocenters. The highest BCUT2D eigenvalue weighted by molar-refractivity contribution is 5.86. The number of nitrogens with zero attached hydrogens (tertiary/aromatic N) is 5. The van der Waals surface area contributed by atoms with Gasteiger partial charge in [0.15, 0.2) is 17.0 Å². The van der Waals surface area contributed by atoms with Crippen LogP contribution in [0.5, 0.6) is 0 Å². The maximum atomic E-state index is 5.45. The quantitative estimate of drug-likeness (QED) is 0.789. The second kappa shape index (κ2) is 6.68. The van der Waals surface area contributed by atoms with E-state index >= 15 is 0 Å². The minimum absolute atomic E-state index is 0.280. The van der Waals surface area contributed by atoms with Gasteiger partial charge in [0.25, 0.3) is 0 Å². The Bertz CT molecular complexity index is 855. The van der Waals surface area contributed by atoms with Crippen LogP contribution in [0.4, 0.5) is 17.5 Å². The summed E-state index contributed by atoms with van der Waals surface area (Å²) in [5, 5.41) is 3.39. The summed E-state index contributed by atoms with van der Waals surface area (Å²) in [4.78, 5) is 16.3. The van der Waals surface area contributed by atoms with Crippen molar-refractivity contribution in [3.63, 3.8) is 0 Å². The maximum absolute atomic E-state index is 5.45. The van der Waals surface area contributed by atoms with Gasteiger partial charge >= 0.3 is 0 Å². The molecule has 4 rings (SSSR count). The minimum atomic E-state index is 0.280. The molecule has 1 aliphatic heterocycles. The van der Waals surface area contributed by atoms with Crippen LogP contribution in [0.25, 0.3) is 11.2 Å². The van der Waals surface area contributed by atoms with Crippen molar-refractivity contribution < 1.29 is 4.74 Å². The smallest absolute Gasteiger partial charge is 0.229 e. The fourth-order valence-electron chi connectivity index (χ4n) is 2.93. The second-order valence-corrected chi connectivity index (χ2v) is 6.38. The number of nitrogens with one attached hydrogen (secondary N) is 1. The predicted octanol–water partition coefficient (Wildman–Crippen LogP) is 2.99. The van der Waals surface area contributed by atoms with Gasteiger partial charge in [-0.25, -0.2) is 4.98 Å². The number of anilines is 3. The van der Waals surface area contributed by atoms with Crippen LogP contribution in [0.2, 0.25) is 0 Å². The molecule has 7 nitrogen and oxygen atoms in total. The normalized spacial score (nSPS) is 15.1. The molecule has 25 heavy (non-hydrogen) atoms. The van der Waals surface area contributed by atoms with Crippen LogP contribution in [0.1, 0.15) is 19.9 Å². The zero-order valence-corrected chi connectivity index (χ0v) is 14.5. The fourth-order valence-corrected chi connectivity index (χ4v) is 2.93. The molecule has 1 aliphatic rings. The number of hydrogen-bond acceptors (Lipinski definition) is 6. The van der Waals surface area contributed by atoms with E-state index in [0.29, 0.717) is 13.2 Å². The first-order valence-corrected chi connectivity index (χ1v) is 8.62. The summed E-state index contributed by atoms with van der Waals surface area (Å²) in [6.07, 6.45) is 1.84. The molecule has 0 bridgehead atoms. The van der Waals surface area contributed by atoms with E-state index in [0.717, 1.165) is 41.7 Å². The van der Waals surface area contributed by atoms with Crippen LogP contribution in [0, 0.1) is 0 Å². The first-order chi connectivity index (χ1) is 12.2. The molecule has 130 valence electrons. The molecule has 0 aliphatic carbocycles. The van der Waals surface area contributed by atoms with Crippen molar-refractivity contribution in [3.8, 4) is 0 Å². The zero-order chi connectivity index (χ0) is 17.2. The molecule has 7 heteroatoms. The maximum Gasteiger partial charge on any atom is 0.229 e. The van der Waals surface area contributed by atoms with Crippen molar-refractivity contribution in [1.29, 1.82) is 0 Å². The lowest BCUT2D eigenvalue weighted by Crippen LogP contribution is -2.37. The van der Waals surface area contributed by atoms with Crippen LogP contribution in [-0.2, 0) is 4.74 Å². The van der Waals surface area contributed by atoms with Crippen LogP contribution in [-0.4, -0.2) is 45.8 Å². The SMILES string of the molecule is CC(C)n1cnc2c(Nc3ccccc3)nc(N3CCOCC3)nc21. The molecule has 3 heterocycles. The molecule has 0 spiro atoms. The minimum Gasteiger partial charge on any atom is -0.378 e. The second-order valence-electron chi connectivity index (χ2n) is 6.38. The van der Waals surface area contributed by atoms with E-state index in [1.54, 1.807) is 0 Å². The Hall–Kier alpha value is -2.67. The Balaban J connectivity index is 1.81. The summed E-state index contributed by atoms with van der Waals surface area (Å²) in [6.45, 7) is 7.25. The summed E-state index contributed by atoms with van der Waals surface area (Å²) in [6, 6.07) is 10.3. The number of para-hydroxylation sites is 1. The van der Waals surface area contributed by atoms with Gasteiger partial charge in [0.2, 0.25) is 5.95 Å². The topological polar surface area (TPSA) is 68.1 Å². The standard InChI is InChI=1S/C18H22N6O/c1-13(2)24-12-19-15-16(20-14-6-4-3-5-7-14)21-18(22-17(15)24)23-8-10-25-11-9-23/h3-7,12-13H,8-11H2,1-2H3,(H,20,21,22). The van der Waals surface area contributed by atoms with E-state index in [9.17, 15) is 0 Å². The number of ether oxygens (including phenoxy) is 1. The number of rotatable bonds is 4. The molecular formula is C18H22N6O. The van der Waals surface area contributed by atoms with Gasteiger partial charge in [0.05, 0.1) is 19.5 Å². The Kier molecular flexibility index (Phi) is 4.23. The molecule has 0 saturated carbocycles. The first-order valence-electron chi connectivity index (χ1n) is 8.62. The Morgan fingerprint density at radius 3 is 2.56 bits per heavy atom. The van der Waals surface area contributed by atoms with Crippen molar-refractivity contribution in [2.45, 2.75) is 19.9 Å². The summed E-state index contributed by atoms with van der Waals surface area (Å²) in [5.74, 6) is 1.45. The van der Waals surface area contributed by atoms with E-state index in [1.165, 1.54) is 0 Å². The molecule has 0 radical (unpaired) electrons. The Morgan fingerprint density at radius 1 is 1.08 bits per heavy atom. The summed E-state index contributed by atoms with van der Waals surface area (Å²) in [7, 11) is 0. The monoisotopic (exact) mass is 338 g/mol. The van der Waals surface area contributed by atoms with Crippen molar-refractivity contribution in [2.75, 3.05) is 36.5 Å². The van der Waals surface area contributed by atoms with Crippen molar-refractivity contribution in [1.82, 2.24) is 19.5 Å². The molecule has 0 unspecified atom stereocenters. The average molecular weight is 338 g/mol. The van der Waals surface area contributed by atoms with Gasteiger partial charge in [-0.2, -0.15) is 9.97 Å². The van der Waals surface area contributed by atoms with Crippen LogP contribution in [0.3, 0.4) is 0 Å². The van der Waals surface area contributed by atoms with Gasteiger partial charge in [0, 0.05) is 24.8 Å². The molecule has 3 aromatic rings. The van der Waals surface area contributed by atoms with Gasteiger partial charge in [0.1, 0.15) is 0 Å². The molecule has 1 saturated heterocycles. The predicted molar refractivity (Wildman–Crippen MR) is 98.5 cm³/mol. The number of fused-ring (bicyclic) bond motifs is 1. The number of benzene rings is 1. The van der Waals surface area contributed by atoms with Gasteiger partial charge in [-0.05, 0) is 26.0 Å². The average Bonchev–Trinajstić information content (AvgIpc) is 3.08. The summed E-state index contributed by atoms with van der Waals surface area (Å²) < 4.78 is 7.53. The van der Waals surface area contributed by atoms with Crippen LogP contribution >= 0.6 is 0 Å². The Labute approximate surface area is 146 Å². The lowest BCUT2D eigenvalue weighted by Gasteiger charge is -2.27. The van der Waals surface area contributed by atoms with Gasteiger partial charge in [-0.3, -0.25) is 0 Å². The lowest BCUT2D eigenvalue weighted by molar-refractivity contribution is 0.122. The molecule has 2 aromatic heterocycles. The van der Waals surface area contributed by atoms with E-state index < -0.39 is 0 Å². The highest BCUT2D eigenvalue weighted by atomic mass is 16.5. The Morgan fingerprint density at radius 2 is 1.84 bits per heavy atom. The highest BCUT2D eigenvalue weighted by Gasteiger charge is 2.20. The van der Waals surface area contributed by atoms with Crippen LogP contribution in [0.15, 0.2) is 36.7 Å². The molecule has 1 fully saturated rings. The van der Waals surface area contributed by atoms with E-state index in [1.807, 2.05) is 36.7 Å².